The van der Waals surface area contributed by atoms with Crippen LogP contribution in [-0.4, -0.2) is 38.3 Å². The topological polar surface area (TPSA) is 106 Å². The summed E-state index contributed by atoms with van der Waals surface area (Å²) in [7, 11) is -3.03. The fourth-order valence-electron chi connectivity index (χ4n) is 3.83. The molecule has 1 unspecified atom stereocenters. The molecule has 1 aromatic heterocycles. The number of aryl methyl sites for hydroxylation is 1. The Morgan fingerprint density at radius 1 is 1.15 bits per heavy atom. The molecule has 0 N–H and O–H groups in total. The molecule has 1 atom stereocenters. The van der Waals surface area contributed by atoms with Crippen LogP contribution in [0.1, 0.15) is 28.6 Å². The third-order valence-corrected chi connectivity index (χ3v) is 7.52. The molecule has 0 bridgehead atoms. The fourth-order valence-corrected chi connectivity index (χ4v) is 5.44. The number of ether oxygens (including phenoxy) is 1. The largest absolute Gasteiger partial charge is 0.468 e. The molecule has 4 rings (SSSR count). The zero-order valence-electron chi connectivity index (χ0n) is 18.8. The van der Waals surface area contributed by atoms with Gasteiger partial charge in [-0.25, -0.2) is 18.2 Å². The van der Waals surface area contributed by atoms with Gasteiger partial charge in [0.05, 0.1) is 41.7 Å². The Labute approximate surface area is 197 Å². The van der Waals surface area contributed by atoms with Crippen LogP contribution in [0.5, 0.6) is 0 Å². The van der Waals surface area contributed by atoms with Crippen molar-refractivity contribution in [1.82, 2.24) is 4.31 Å². The van der Waals surface area contributed by atoms with Gasteiger partial charge in [0.2, 0.25) is 10.0 Å². The highest BCUT2D eigenvalue weighted by Gasteiger charge is 2.33. The van der Waals surface area contributed by atoms with E-state index >= 15 is 0 Å². The summed E-state index contributed by atoms with van der Waals surface area (Å²) in [5, 5.41) is 1.35. The molecule has 2 aromatic carbocycles. The van der Waals surface area contributed by atoms with Gasteiger partial charge in [-0.15, -0.1) is 0 Å². The zero-order chi connectivity index (χ0) is 24.3. The Bertz CT molecular complexity index is 1440. The third kappa shape index (κ3) is 4.71. The van der Waals surface area contributed by atoms with Gasteiger partial charge < -0.3 is 9.15 Å². The number of furan rings is 1. The number of fused-ring (bicyclic) bond motifs is 1. The van der Waals surface area contributed by atoms with E-state index in [1.165, 1.54) is 31.6 Å². The minimum Gasteiger partial charge on any atom is -0.468 e. The lowest BCUT2D eigenvalue weighted by Crippen LogP contribution is -2.41. The maximum atomic E-state index is 13.7. The van der Waals surface area contributed by atoms with Gasteiger partial charge in [0.25, 0.3) is 5.91 Å². The quantitative estimate of drug-likeness (QED) is 0.457. The van der Waals surface area contributed by atoms with Gasteiger partial charge >= 0.3 is 5.97 Å². The highest BCUT2D eigenvalue weighted by atomic mass is 32.2. The van der Waals surface area contributed by atoms with Crippen molar-refractivity contribution >= 4 is 28.0 Å². The first kappa shape index (κ1) is 23.6. The van der Waals surface area contributed by atoms with Crippen LogP contribution in [0.2, 0.25) is 0 Å². The van der Waals surface area contributed by atoms with E-state index in [0.29, 0.717) is 11.1 Å². The first-order valence-electron chi connectivity index (χ1n) is 10.8. The van der Waals surface area contributed by atoms with E-state index in [1.54, 1.807) is 30.3 Å². The number of carbonyl (C=O) groups is 2. The van der Waals surface area contributed by atoms with Crippen molar-refractivity contribution in [2.24, 2.45) is 10.9 Å². The maximum Gasteiger partial charge on any atom is 0.339 e. The number of carbonyl (C=O) groups excluding carboxylic acids is 2. The third-order valence-electron chi connectivity index (χ3n) is 5.65. The predicted molar refractivity (Wildman–Crippen MR) is 124 cm³/mol. The molecule has 176 valence electrons. The molecule has 9 heteroatoms. The summed E-state index contributed by atoms with van der Waals surface area (Å²) in [6, 6.07) is 14.8. The molecule has 0 saturated carbocycles. The highest BCUT2D eigenvalue weighted by Crippen LogP contribution is 2.25. The Balaban J connectivity index is 1.76. The number of methoxy groups -OCH3 is 1. The second-order valence-corrected chi connectivity index (χ2v) is 9.74. The molecule has 0 fully saturated rings. The minimum atomic E-state index is -4.22. The van der Waals surface area contributed by atoms with Crippen molar-refractivity contribution < 1.29 is 27.2 Å². The van der Waals surface area contributed by atoms with Crippen LogP contribution in [0.25, 0.3) is 6.08 Å². The van der Waals surface area contributed by atoms with Crippen LogP contribution in [-0.2, 0) is 32.5 Å². The number of sulfonamides is 1. The number of hydrogen-bond donors (Lipinski definition) is 0. The van der Waals surface area contributed by atoms with Crippen LogP contribution < -0.4 is 10.6 Å². The summed E-state index contributed by atoms with van der Waals surface area (Å²) < 4.78 is 38.8. The normalized spacial score (nSPS) is 15.4. The molecule has 2 heterocycles. The average Bonchev–Trinajstić information content (AvgIpc) is 3.36. The molecule has 8 nitrogen and oxygen atoms in total. The molecule has 1 aliphatic heterocycles. The van der Waals surface area contributed by atoms with Crippen LogP contribution in [0.15, 0.2) is 75.2 Å². The summed E-state index contributed by atoms with van der Waals surface area (Å²) >= 11 is 0. The van der Waals surface area contributed by atoms with E-state index in [1.807, 2.05) is 19.1 Å². The number of hydrogen-bond acceptors (Lipinski definition) is 6. The van der Waals surface area contributed by atoms with Gasteiger partial charge in [0.1, 0.15) is 5.76 Å². The van der Waals surface area contributed by atoms with Gasteiger partial charge in [-0.2, -0.15) is 4.31 Å². The SMILES string of the molecule is CCc1ccc2c(c1)=CC(CN(Cc1ccco1)S(=O)(=O)c1ccccc1C(=O)OC)C(=O)N=2. The lowest BCUT2D eigenvalue weighted by Gasteiger charge is -2.25. The van der Waals surface area contributed by atoms with Crippen molar-refractivity contribution in [3.05, 3.63) is 88.3 Å². The molecule has 0 aliphatic carbocycles. The summed E-state index contributed by atoms with van der Waals surface area (Å²) in [6.45, 7) is 1.74. The van der Waals surface area contributed by atoms with Crippen molar-refractivity contribution in [3.63, 3.8) is 0 Å². The summed E-state index contributed by atoms with van der Waals surface area (Å²) in [5.41, 5.74) is 1.00. The second kappa shape index (κ2) is 9.74. The molecule has 0 radical (unpaired) electrons. The summed E-state index contributed by atoms with van der Waals surface area (Å²) in [4.78, 5) is 29.0. The van der Waals surface area contributed by atoms with Gasteiger partial charge in [0.15, 0.2) is 0 Å². The fraction of sp³-hybridized carbons (Fsp3) is 0.240. The van der Waals surface area contributed by atoms with Crippen LogP contribution >= 0.6 is 0 Å². The van der Waals surface area contributed by atoms with Gasteiger partial charge in [0, 0.05) is 6.54 Å². The number of nitrogens with zero attached hydrogens (tertiary/aromatic N) is 2. The predicted octanol–water partition coefficient (Wildman–Crippen LogP) is 2.08. The van der Waals surface area contributed by atoms with E-state index in [0.717, 1.165) is 21.5 Å². The van der Waals surface area contributed by atoms with Crippen LogP contribution in [0, 0.1) is 5.92 Å². The molecule has 0 spiro atoms. The molecule has 3 aromatic rings. The molecular formula is C25H24N2O6S. The Morgan fingerprint density at radius 3 is 2.65 bits per heavy atom. The Hall–Kier alpha value is -3.56. The molecule has 1 amide bonds. The lowest BCUT2D eigenvalue weighted by atomic mass is 10.0. The number of benzene rings is 2. The van der Waals surface area contributed by atoms with Crippen molar-refractivity contribution in [2.45, 2.75) is 24.8 Å². The molecule has 0 saturated heterocycles. The van der Waals surface area contributed by atoms with E-state index in [2.05, 4.69) is 4.99 Å². The van der Waals surface area contributed by atoms with Crippen molar-refractivity contribution in [2.75, 3.05) is 13.7 Å². The standard InChI is InChI=1S/C25H24N2O6S/c1-3-17-10-11-22-18(13-17)14-19(24(28)26-22)15-27(16-20-7-6-12-33-20)34(30,31)23-9-5-4-8-21(23)25(29)32-2/h4-14,19H,3,15-16H2,1-2H3. The number of amides is 1. The lowest BCUT2D eigenvalue weighted by molar-refractivity contribution is -0.120. The molecule has 34 heavy (non-hydrogen) atoms. The summed E-state index contributed by atoms with van der Waals surface area (Å²) in [5.74, 6) is -1.60. The monoisotopic (exact) mass is 480 g/mol. The van der Waals surface area contributed by atoms with Crippen LogP contribution in [0.3, 0.4) is 0 Å². The van der Waals surface area contributed by atoms with Gasteiger partial charge in [-0.1, -0.05) is 31.2 Å². The first-order chi connectivity index (χ1) is 16.3. The first-order valence-corrected chi connectivity index (χ1v) is 12.2. The van der Waals surface area contributed by atoms with Crippen LogP contribution in [0.4, 0.5) is 0 Å². The second-order valence-electron chi connectivity index (χ2n) is 7.83. The number of rotatable bonds is 8. The maximum absolute atomic E-state index is 13.7. The van der Waals surface area contributed by atoms with Crippen molar-refractivity contribution in [3.8, 4) is 0 Å². The average molecular weight is 481 g/mol. The summed E-state index contributed by atoms with van der Waals surface area (Å²) in [6.07, 6.45) is 4.02. The van der Waals surface area contributed by atoms with E-state index < -0.39 is 27.8 Å². The Kier molecular flexibility index (Phi) is 6.76. The smallest absolute Gasteiger partial charge is 0.339 e. The van der Waals surface area contributed by atoms with E-state index in [9.17, 15) is 18.0 Å². The zero-order valence-corrected chi connectivity index (χ0v) is 19.6. The molecular weight excluding hydrogens is 456 g/mol. The van der Waals surface area contributed by atoms with E-state index in [4.69, 9.17) is 9.15 Å². The highest BCUT2D eigenvalue weighted by molar-refractivity contribution is 7.89. The number of esters is 1. The minimum absolute atomic E-state index is 0.0870. The molecule has 1 aliphatic rings. The van der Waals surface area contributed by atoms with Gasteiger partial charge in [-0.3, -0.25) is 4.79 Å². The van der Waals surface area contributed by atoms with E-state index in [-0.39, 0.29) is 23.5 Å². The Morgan fingerprint density at radius 2 is 1.94 bits per heavy atom. The van der Waals surface area contributed by atoms with Gasteiger partial charge in [-0.05, 0) is 53.6 Å². The van der Waals surface area contributed by atoms with Crippen molar-refractivity contribution in [1.29, 1.82) is 0 Å².